The van der Waals surface area contributed by atoms with Gasteiger partial charge in [-0.15, -0.1) is 0 Å². The standard InChI is InChI=1S/C21H17ClFN3O5S/c22-14-3-4-17(19-18(14)20(27)26(29)21(28)24-19)32(30,31)13-2-1-11-5-7-25(16(11)10-13)8-6-12-9-15(12)23/h1-5,7,10,12,15,29H,6,8-9H2,(H,24,28)/t12-,15-/m0/s1. The largest absolute Gasteiger partial charge is 0.421 e. The molecule has 166 valence electrons. The van der Waals surface area contributed by atoms with E-state index < -0.39 is 27.3 Å². The van der Waals surface area contributed by atoms with Crippen LogP contribution in [0, 0.1) is 5.92 Å². The number of hydrogen-bond donors (Lipinski definition) is 2. The molecule has 1 saturated carbocycles. The van der Waals surface area contributed by atoms with Gasteiger partial charge in [0.1, 0.15) is 6.17 Å². The second kappa shape index (κ2) is 7.21. The number of aromatic amines is 1. The van der Waals surface area contributed by atoms with E-state index in [-0.39, 0.29) is 36.4 Å². The van der Waals surface area contributed by atoms with Crippen LogP contribution in [-0.2, 0) is 16.4 Å². The van der Waals surface area contributed by atoms with E-state index in [9.17, 15) is 27.6 Å². The molecule has 0 saturated heterocycles. The monoisotopic (exact) mass is 477 g/mol. The molecule has 2 N–H and O–H groups in total. The van der Waals surface area contributed by atoms with Crippen LogP contribution in [0.15, 0.2) is 62.0 Å². The number of aryl methyl sites for hydroxylation is 1. The van der Waals surface area contributed by atoms with Crippen LogP contribution in [0.2, 0.25) is 5.02 Å². The highest BCUT2D eigenvalue weighted by Gasteiger charge is 2.36. The summed E-state index contributed by atoms with van der Waals surface area (Å²) >= 11 is 6.04. The van der Waals surface area contributed by atoms with Crippen molar-refractivity contribution in [3.63, 3.8) is 0 Å². The second-order valence-electron chi connectivity index (χ2n) is 7.88. The molecule has 0 radical (unpaired) electrons. The minimum absolute atomic E-state index is 0.0441. The molecule has 5 rings (SSSR count). The maximum Gasteiger partial charge on any atom is 0.362 e. The molecule has 0 amide bonds. The van der Waals surface area contributed by atoms with E-state index in [4.69, 9.17) is 11.6 Å². The number of benzene rings is 2. The summed E-state index contributed by atoms with van der Waals surface area (Å²) in [7, 11) is -4.17. The number of halogens is 2. The maximum absolute atomic E-state index is 13.5. The highest BCUT2D eigenvalue weighted by molar-refractivity contribution is 7.91. The van der Waals surface area contributed by atoms with Gasteiger partial charge in [-0.05, 0) is 54.5 Å². The lowest BCUT2D eigenvalue weighted by Gasteiger charge is -2.11. The van der Waals surface area contributed by atoms with Crippen LogP contribution in [-0.4, -0.2) is 34.1 Å². The molecule has 1 aliphatic rings. The van der Waals surface area contributed by atoms with Crippen molar-refractivity contribution in [2.75, 3.05) is 0 Å². The van der Waals surface area contributed by atoms with Crippen LogP contribution in [0.4, 0.5) is 4.39 Å². The Kier molecular flexibility index (Phi) is 4.68. The van der Waals surface area contributed by atoms with Crippen LogP contribution in [0.5, 0.6) is 0 Å². The molecule has 8 nitrogen and oxygen atoms in total. The second-order valence-corrected chi connectivity index (χ2v) is 10.2. The Morgan fingerprint density at radius 1 is 1.19 bits per heavy atom. The molecule has 11 heteroatoms. The Morgan fingerprint density at radius 3 is 2.66 bits per heavy atom. The molecule has 2 aromatic heterocycles. The molecule has 0 bridgehead atoms. The van der Waals surface area contributed by atoms with Gasteiger partial charge in [-0.3, -0.25) is 4.79 Å². The first kappa shape index (κ1) is 20.8. The Balaban J connectivity index is 1.65. The van der Waals surface area contributed by atoms with Crippen LogP contribution in [0.25, 0.3) is 21.8 Å². The third kappa shape index (κ3) is 3.21. The number of alkyl halides is 1. The topological polar surface area (TPSA) is 114 Å². The Bertz CT molecular complexity index is 1620. The number of sulfone groups is 1. The summed E-state index contributed by atoms with van der Waals surface area (Å²) in [5.41, 5.74) is -1.92. The summed E-state index contributed by atoms with van der Waals surface area (Å²) in [5, 5.41) is 10.0. The molecule has 0 spiro atoms. The van der Waals surface area contributed by atoms with Gasteiger partial charge in [0.25, 0.3) is 5.56 Å². The highest BCUT2D eigenvalue weighted by Crippen LogP contribution is 2.37. The van der Waals surface area contributed by atoms with Crippen molar-refractivity contribution in [3.05, 3.63) is 68.5 Å². The fourth-order valence-corrected chi connectivity index (χ4v) is 5.62. The summed E-state index contributed by atoms with van der Waals surface area (Å²) < 4.78 is 41.9. The van der Waals surface area contributed by atoms with E-state index in [1.54, 1.807) is 6.07 Å². The van der Waals surface area contributed by atoms with Crippen LogP contribution in [0.1, 0.15) is 12.8 Å². The van der Waals surface area contributed by atoms with Crippen molar-refractivity contribution in [2.45, 2.75) is 35.3 Å². The van der Waals surface area contributed by atoms with E-state index in [2.05, 4.69) is 4.98 Å². The number of rotatable bonds is 5. The summed E-state index contributed by atoms with van der Waals surface area (Å²) in [6, 6.07) is 8.89. The van der Waals surface area contributed by atoms with E-state index in [1.165, 1.54) is 24.3 Å². The zero-order valence-corrected chi connectivity index (χ0v) is 18.0. The summed E-state index contributed by atoms with van der Waals surface area (Å²) in [6.45, 7) is 0.561. The van der Waals surface area contributed by atoms with Crippen molar-refractivity contribution in [1.29, 1.82) is 0 Å². The van der Waals surface area contributed by atoms with E-state index in [0.29, 0.717) is 24.9 Å². The van der Waals surface area contributed by atoms with Gasteiger partial charge in [0.05, 0.1) is 25.7 Å². The summed E-state index contributed by atoms with van der Waals surface area (Å²) in [6.07, 6.45) is 2.31. The zero-order chi connectivity index (χ0) is 22.8. The maximum atomic E-state index is 13.5. The lowest BCUT2D eigenvalue weighted by molar-refractivity contribution is 0.162. The summed E-state index contributed by atoms with van der Waals surface area (Å²) in [5.74, 6) is 0.0483. The molecule has 4 aromatic rings. The number of fused-ring (bicyclic) bond motifs is 2. The van der Waals surface area contributed by atoms with Gasteiger partial charge in [0.2, 0.25) is 9.84 Å². The minimum Gasteiger partial charge on any atom is -0.421 e. The van der Waals surface area contributed by atoms with Gasteiger partial charge in [-0.1, -0.05) is 22.4 Å². The zero-order valence-electron chi connectivity index (χ0n) is 16.5. The number of nitrogens with one attached hydrogen (secondary N) is 1. The average molecular weight is 478 g/mol. The van der Waals surface area contributed by atoms with E-state index in [1.807, 2.05) is 16.8 Å². The van der Waals surface area contributed by atoms with Gasteiger partial charge in [0, 0.05) is 18.3 Å². The SMILES string of the molecule is O=c1[nH]c2c(S(=O)(=O)c3ccc4ccn(CC[C@H]5C[C@@H]5F)c4c3)ccc(Cl)c2c(=O)n1O. The molecule has 2 atom stereocenters. The van der Waals surface area contributed by atoms with Crippen LogP contribution >= 0.6 is 11.6 Å². The number of aromatic nitrogens is 3. The Labute approximate surface area is 185 Å². The van der Waals surface area contributed by atoms with Crippen molar-refractivity contribution in [3.8, 4) is 0 Å². The summed E-state index contributed by atoms with van der Waals surface area (Å²) in [4.78, 5) is 26.1. The predicted octanol–water partition coefficient (Wildman–Crippen LogP) is 3.12. The minimum atomic E-state index is -4.17. The molecular formula is C21H17ClFN3O5S. The first-order chi connectivity index (χ1) is 15.2. The average Bonchev–Trinajstić information content (AvgIpc) is 3.31. The van der Waals surface area contributed by atoms with Gasteiger partial charge in [-0.25, -0.2) is 17.6 Å². The van der Waals surface area contributed by atoms with Crippen LogP contribution < -0.4 is 11.2 Å². The van der Waals surface area contributed by atoms with Crippen molar-refractivity contribution >= 4 is 43.2 Å². The molecule has 0 aliphatic heterocycles. The van der Waals surface area contributed by atoms with Gasteiger partial charge in [-0.2, -0.15) is 0 Å². The van der Waals surface area contributed by atoms with Gasteiger partial charge >= 0.3 is 5.69 Å². The van der Waals surface area contributed by atoms with Crippen molar-refractivity contribution < 1.29 is 18.0 Å². The lowest BCUT2D eigenvalue weighted by Crippen LogP contribution is -2.33. The van der Waals surface area contributed by atoms with Gasteiger partial charge < -0.3 is 14.8 Å². The molecule has 2 aromatic carbocycles. The van der Waals surface area contributed by atoms with Crippen molar-refractivity contribution in [2.24, 2.45) is 5.92 Å². The van der Waals surface area contributed by atoms with E-state index in [0.717, 1.165) is 5.39 Å². The smallest absolute Gasteiger partial charge is 0.362 e. The Hall–Kier alpha value is -3.11. The highest BCUT2D eigenvalue weighted by atomic mass is 35.5. The first-order valence-corrected chi connectivity index (χ1v) is 11.7. The molecule has 1 fully saturated rings. The molecular weight excluding hydrogens is 461 g/mol. The predicted molar refractivity (Wildman–Crippen MR) is 116 cm³/mol. The first-order valence-electron chi connectivity index (χ1n) is 9.83. The number of H-pyrrole nitrogens is 1. The fraction of sp³-hybridized carbons (Fsp3) is 0.238. The molecule has 2 heterocycles. The third-order valence-corrected chi connectivity index (χ3v) is 7.98. The molecule has 0 unspecified atom stereocenters. The van der Waals surface area contributed by atoms with Crippen molar-refractivity contribution in [1.82, 2.24) is 14.3 Å². The third-order valence-electron chi connectivity index (χ3n) is 5.87. The lowest BCUT2D eigenvalue weighted by atomic mass is 10.2. The fourth-order valence-electron chi connectivity index (χ4n) is 3.94. The number of nitrogens with zero attached hydrogens (tertiary/aromatic N) is 2. The quantitative estimate of drug-likeness (QED) is 0.429. The Morgan fingerprint density at radius 2 is 1.94 bits per heavy atom. The molecule has 1 aliphatic carbocycles. The molecule has 32 heavy (non-hydrogen) atoms. The van der Waals surface area contributed by atoms with Gasteiger partial charge in [0.15, 0.2) is 0 Å². The van der Waals surface area contributed by atoms with E-state index >= 15 is 0 Å². The van der Waals surface area contributed by atoms with Crippen LogP contribution in [0.3, 0.4) is 0 Å². The normalized spacial score (nSPS) is 18.4. The number of hydrogen-bond acceptors (Lipinski definition) is 5.